The Labute approximate surface area is 120 Å². The van der Waals surface area contributed by atoms with Crippen molar-refractivity contribution in [3.8, 4) is 0 Å². The Bertz CT molecular complexity index is 636. The second-order valence-electron chi connectivity index (χ2n) is 5.17. The molecule has 0 spiro atoms. The predicted molar refractivity (Wildman–Crippen MR) is 72.3 cm³/mol. The molecule has 2 aromatic rings. The molecule has 4 heteroatoms. The number of alkyl halides is 1. The standard InChI is InChI=1S/C16H12ClF3/c17-15(11-8-13(19)14(20)9-12(11)18)16(6-7-16)10-4-2-1-3-5-10/h1-5,8-9,15H,6-7H2. The number of benzene rings is 2. The SMILES string of the molecule is Fc1cc(F)c(C(Cl)C2(c3ccccc3)CC2)cc1F. The van der Waals surface area contributed by atoms with Gasteiger partial charge in [-0.05, 0) is 24.5 Å². The molecular weight excluding hydrogens is 285 g/mol. The summed E-state index contributed by atoms with van der Waals surface area (Å²) in [6.07, 6.45) is 1.62. The molecule has 0 nitrogen and oxygen atoms in total. The van der Waals surface area contributed by atoms with Crippen molar-refractivity contribution in [2.75, 3.05) is 0 Å². The van der Waals surface area contributed by atoms with Crippen LogP contribution in [-0.2, 0) is 5.41 Å². The van der Waals surface area contributed by atoms with E-state index in [2.05, 4.69) is 0 Å². The molecule has 1 fully saturated rings. The molecule has 20 heavy (non-hydrogen) atoms. The Morgan fingerprint density at radius 1 is 0.900 bits per heavy atom. The number of halogens is 4. The van der Waals surface area contributed by atoms with Crippen molar-refractivity contribution >= 4 is 11.6 Å². The average Bonchev–Trinajstić information content (AvgIpc) is 3.25. The second kappa shape index (κ2) is 4.81. The molecule has 1 unspecified atom stereocenters. The van der Waals surface area contributed by atoms with Gasteiger partial charge in [-0.2, -0.15) is 0 Å². The van der Waals surface area contributed by atoms with Crippen molar-refractivity contribution in [3.05, 3.63) is 71.0 Å². The number of hydrogen-bond acceptors (Lipinski definition) is 0. The molecule has 0 saturated heterocycles. The first-order valence-corrected chi connectivity index (χ1v) is 6.82. The summed E-state index contributed by atoms with van der Waals surface area (Å²) in [6, 6.07) is 11.0. The van der Waals surface area contributed by atoms with E-state index >= 15 is 0 Å². The largest absolute Gasteiger partial charge is 0.207 e. The molecule has 0 bridgehead atoms. The quantitative estimate of drug-likeness (QED) is 0.545. The van der Waals surface area contributed by atoms with Gasteiger partial charge in [0.15, 0.2) is 11.6 Å². The zero-order valence-corrected chi connectivity index (χ0v) is 11.3. The molecule has 0 amide bonds. The van der Waals surface area contributed by atoms with Crippen LogP contribution in [0.1, 0.15) is 29.3 Å². The normalized spacial score (nSPS) is 17.8. The lowest BCUT2D eigenvalue weighted by Gasteiger charge is -2.23. The lowest BCUT2D eigenvalue weighted by molar-refractivity contribution is 0.484. The smallest absolute Gasteiger partial charge is 0.161 e. The molecule has 3 rings (SSSR count). The van der Waals surface area contributed by atoms with Gasteiger partial charge >= 0.3 is 0 Å². The van der Waals surface area contributed by atoms with Gasteiger partial charge in [0.05, 0.1) is 5.38 Å². The van der Waals surface area contributed by atoms with Crippen LogP contribution in [-0.4, -0.2) is 0 Å². The van der Waals surface area contributed by atoms with Crippen LogP contribution in [0.4, 0.5) is 13.2 Å². The van der Waals surface area contributed by atoms with E-state index in [-0.39, 0.29) is 11.0 Å². The van der Waals surface area contributed by atoms with Gasteiger partial charge in [-0.3, -0.25) is 0 Å². The molecule has 2 aromatic carbocycles. The fourth-order valence-corrected chi connectivity index (χ4v) is 3.13. The van der Waals surface area contributed by atoms with E-state index in [4.69, 9.17) is 11.6 Å². The highest BCUT2D eigenvalue weighted by atomic mass is 35.5. The highest BCUT2D eigenvalue weighted by Gasteiger charge is 2.51. The maximum Gasteiger partial charge on any atom is 0.161 e. The molecular formula is C16H12ClF3. The first-order valence-electron chi connectivity index (χ1n) is 6.39. The van der Waals surface area contributed by atoms with Crippen LogP contribution in [0.2, 0.25) is 0 Å². The third-order valence-electron chi connectivity index (χ3n) is 3.94. The van der Waals surface area contributed by atoms with Crippen LogP contribution in [0.25, 0.3) is 0 Å². The van der Waals surface area contributed by atoms with E-state index in [0.717, 1.165) is 24.5 Å². The highest BCUT2D eigenvalue weighted by molar-refractivity contribution is 6.22. The van der Waals surface area contributed by atoms with Crippen LogP contribution in [0.3, 0.4) is 0 Å². The summed E-state index contributed by atoms with van der Waals surface area (Å²) in [6.45, 7) is 0. The van der Waals surface area contributed by atoms with Crippen molar-refractivity contribution < 1.29 is 13.2 Å². The molecule has 0 radical (unpaired) electrons. The van der Waals surface area contributed by atoms with Crippen molar-refractivity contribution in [2.24, 2.45) is 0 Å². The summed E-state index contributed by atoms with van der Waals surface area (Å²) >= 11 is 6.40. The van der Waals surface area contributed by atoms with Crippen molar-refractivity contribution in [1.29, 1.82) is 0 Å². The molecule has 0 heterocycles. The van der Waals surface area contributed by atoms with Gasteiger partial charge in [-0.25, -0.2) is 13.2 Å². The summed E-state index contributed by atoms with van der Waals surface area (Å²) in [5, 5.41) is -0.708. The highest BCUT2D eigenvalue weighted by Crippen LogP contribution is 2.59. The lowest BCUT2D eigenvalue weighted by Crippen LogP contribution is -2.15. The van der Waals surface area contributed by atoms with Gasteiger partial charge < -0.3 is 0 Å². The van der Waals surface area contributed by atoms with Gasteiger partial charge in [0.25, 0.3) is 0 Å². The maximum atomic E-state index is 13.9. The van der Waals surface area contributed by atoms with E-state index < -0.39 is 22.8 Å². The van der Waals surface area contributed by atoms with E-state index in [0.29, 0.717) is 6.07 Å². The molecule has 1 aliphatic rings. The third-order valence-corrected chi connectivity index (χ3v) is 4.59. The van der Waals surface area contributed by atoms with Crippen LogP contribution < -0.4 is 0 Å². The van der Waals surface area contributed by atoms with Gasteiger partial charge in [0.1, 0.15) is 5.82 Å². The Morgan fingerprint density at radius 2 is 1.50 bits per heavy atom. The average molecular weight is 297 g/mol. The Hall–Kier alpha value is -1.48. The fourth-order valence-electron chi connectivity index (χ4n) is 2.62. The van der Waals surface area contributed by atoms with E-state index in [1.807, 2.05) is 30.3 Å². The van der Waals surface area contributed by atoms with Gasteiger partial charge in [0, 0.05) is 17.0 Å². The lowest BCUT2D eigenvalue weighted by atomic mass is 9.88. The monoisotopic (exact) mass is 296 g/mol. The Morgan fingerprint density at radius 3 is 2.10 bits per heavy atom. The van der Waals surface area contributed by atoms with Crippen molar-refractivity contribution in [2.45, 2.75) is 23.6 Å². The van der Waals surface area contributed by atoms with Crippen LogP contribution in [0.15, 0.2) is 42.5 Å². The summed E-state index contributed by atoms with van der Waals surface area (Å²) in [4.78, 5) is 0. The summed E-state index contributed by atoms with van der Waals surface area (Å²) in [7, 11) is 0. The maximum absolute atomic E-state index is 13.9. The van der Waals surface area contributed by atoms with Gasteiger partial charge in [-0.15, -0.1) is 11.6 Å². The second-order valence-corrected chi connectivity index (χ2v) is 5.61. The van der Waals surface area contributed by atoms with Crippen LogP contribution in [0, 0.1) is 17.5 Å². The summed E-state index contributed by atoms with van der Waals surface area (Å²) in [5.74, 6) is -3.07. The minimum atomic E-state index is -1.19. The molecule has 0 aliphatic heterocycles. The molecule has 1 aliphatic carbocycles. The van der Waals surface area contributed by atoms with Crippen LogP contribution in [0.5, 0.6) is 0 Å². The molecule has 0 N–H and O–H groups in total. The predicted octanol–water partition coefficient (Wildman–Crippen LogP) is 5.12. The molecule has 104 valence electrons. The number of rotatable bonds is 3. The third kappa shape index (κ3) is 2.10. The molecule has 0 aromatic heterocycles. The summed E-state index contributed by atoms with van der Waals surface area (Å²) in [5.41, 5.74) is 0.643. The number of hydrogen-bond donors (Lipinski definition) is 0. The molecule has 1 saturated carbocycles. The first kappa shape index (κ1) is 13.5. The zero-order chi connectivity index (χ0) is 14.3. The van der Waals surface area contributed by atoms with Crippen molar-refractivity contribution in [3.63, 3.8) is 0 Å². The topological polar surface area (TPSA) is 0 Å². The fraction of sp³-hybridized carbons (Fsp3) is 0.250. The van der Waals surface area contributed by atoms with E-state index in [1.165, 1.54) is 0 Å². The van der Waals surface area contributed by atoms with Gasteiger partial charge in [0.2, 0.25) is 0 Å². The van der Waals surface area contributed by atoms with E-state index in [1.54, 1.807) is 0 Å². The minimum absolute atomic E-state index is 0.0203. The molecule has 1 atom stereocenters. The zero-order valence-electron chi connectivity index (χ0n) is 10.5. The minimum Gasteiger partial charge on any atom is -0.207 e. The van der Waals surface area contributed by atoms with Crippen molar-refractivity contribution in [1.82, 2.24) is 0 Å². The van der Waals surface area contributed by atoms with Crippen LogP contribution >= 0.6 is 11.6 Å². The summed E-state index contributed by atoms with van der Waals surface area (Å²) < 4.78 is 40.2. The first-order chi connectivity index (χ1) is 9.54. The van der Waals surface area contributed by atoms with E-state index in [9.17, 15) is 13.2 Å². The Kier molecular flexibility index (Phi) is 3.25. The Balaban J connectivity index is 2.01. The van der Waals surface area contributed by atoms with Gasteiger partial charge in [-0.1, -0.05) is 30.3 Å².